The maximum absolute atomic E-state index is 9.48. The van der Waals surface area contributed by atoms with Crippen molar-refractivity contribution in [3.05, 3.63) is 64.8 Å². The SMILES string of the molecule is CCc1nc(N)nc(N)c1-c1ccc(Cl)c(N=NN(CCO)[C@H](C)c2ccccc2)c1. The Labute approximate surface area is 186 Å². The van der Waals surface area contributed by atoms with Gasteiger partial charge in [0.2, 0.25) is 5.95 Å². The number of nitrogens with zero attached hydrogens (tertiary/aromatic N) is 5. The molecule has 1 heterocycles. The van der Waals surface area contributed by atoms with Crippen LogP contribution in [0.15, 0.2) is 58.9 Å². The molecule has 0 fully saturated rings. The minimum absolute atomic E-state index is 0.0524. The van der Waals surface area contributed by atoms with Crippen molar-refractivity contribution in [2.45, 2.75) is 26.3 Å². The summed E-state index contributed by atoms with van der Waals surface area (Å²) in [7, 11) is 0. The Morgan fingerprint density at radius 2 is 1.87 bits per heavy atom. The first-order valence-electron chi connectivity index (χ1n) is 10.0. The van der Waals surface area contributed by atoms with Crippen LogP contribution in [0.25, 0.3) is 11.1 Å². The van der Waals surface area contributed by atoms with Crippen LogP contribution in [0.1, 0.15) is 31.1 Å². The molecule has 2 aromatic carbocycles. The summed E-state index contributed by atoms with van der Waals surface area (Å²) in [4.78, 5) is 8.39. The standard InChI is InChI=1S/C22H26ClN7O/c1-3-18-20(21(24)27-22(25)26-18)16-9-10-17(23)19(13-16)28-29-30(11-12-31)14(2)15-7-5-4-6-8-15/h4-10,13-14,31H,3,11-12H2,1-2H3,(H4,24,25,26,27)/t14-/m1/s1. The van der Waals surface area contributed by atoms with Gasteiger partial charge < -0.3 is 16.6 Å². The van der Waals surface area contributed by atoms with Crippen molar-refractivity contribution in [3.63, 3.8) is 0 Å². The van der Waals surface area contributed by atoms with E-state index in [0.717, 1.165) is 16.8 Å². The lowest BCUT2D eigenvalue weighted by atomic mass is 10.0. The van der Waals surface area contributed by atoms with E-state index in [4.69, 9.17) is 23.1 Å². The van der Waals surface area contributed by atoms with Crippen molar-refractivity contribution in [3.8, 4) is 11.1 Å². The van der Waals surface area contributed by atoms with Crippen LogP contribution in [0.3, 0.4) is 0 Å². The molecule has 0 radical (unpaired) electrons. The number of nitrogen functional groups attached to an aromatic ring is 2. The molecule has 0 aliphatic heterocycles. The van der Waals surface area contributed by atoms with Gasteiger partial charge in [-0.3, -0.25) is 5.01 Å². The summed E-state index contributed by atoms with van der Waals surface area (Å²) in [5.74, 6) is 0.440. The Balaban J connectivity index is 1.95. The molecule has 0 saturated heterocycles. The van der Waals surface area contributed by atoms with Crippen LogP contribution in [0.2, 0.25) is 5.02 Å². The predicted molar refractivity (Wildman–Crippen MR) is 124 cm³/mol. The Morgan fingerprint density at radius 3 is 2.55 bits per heavy atom. The van der Waals surface area contributed by atoms with Gasteiger partial charge in [-0.25, -0.2) is 4.98 Å². The number of aryl methyl sites for hydroxylation is 1. The average Bonchev–Trinajstić information content (AvgIpc) is 2.77. The molecule has 1 aromatic heterocycles. The molecule has 0 bridgehead atoms. The Bertz CT molecular complexity index is 1060. The van der Waals surface area contributed by atoms with Gasteiger partial charge in [-0.1, -0.05) is 60.1 Å². The van der Waals surface area contributed by atoms with Crippen LogP contribution in [0.4, 0.5) is 17.5 Å². The summed E-state index contributed by atoms with van der Waals surface area (Å²) in [6.07, 6.45) is 0.643. The highest BCUT2D eigenvalue weighted by Crippen LogP contribution is 2.35. The molecule has 3 aromatic rings. The van der Waals surface area contributed by atoms with Crippen LogP contribution in [-0.2, 0) is 6.42 Å². The maximum Gasteiger partial charge on any atom is 0.222 e. The van der Waals surface area contributed by atoms with E-state index in [1.807, 2.05) is 50.2 Å². The largest absolute Gasteiger partial charge is 0.394 e. The third-order valence-corrected chi connectivity index (χ3v) is 5.24. The molecule has 9 heteroatoms. The highest BCUT2D eigenvalue weighted by atomic mass is 35.5. The predicted octanol–water partition coefficient (Wildman–Crippen LogP) is 4.58. The van der Waals surface area contributed by atoms with E-state index in [0.29, 0.717) is 35.1 Å². The number of benzene rings is 2. The summed E-state index contributed by atoms with van der Waals surface area (Å²) >= 11 is 6.38. The Hall–Kier alpha value is -3.23. The molecule has 0 spiro atoms. The molecule has 0 unspecified atom stereocenters. The van der Waals surface area contributed by atoms with E-state index in [1.54, 1.807) is 17.1 Å². The molecule has 0 amide bonds. The second-order valence-corrected chi connectivity index (χ2v) is 7.38. The lowest BCUT2D eigenvalue weighted by Gasteiger charge is -2.24. The van der Waals surface area contributed by atoms with Crippen LogP contribution < -0.4 is 11.5 Å². The summed E-state index contributed by atoms with van der Waals surface area (Å²) in [6, 6.07) is 15.2. The zero-order valence-corrected chi connectivity index (χ0v) is 18.3. The average molecular weight is 440 g/mol. The van der Waals surface area contributed by atoms with Gasteiger partial charge in [0.15, 0.2) is 0 Å². The molecule has 162 valence electrons. The van der Waals surface area contributed by atoms with Gasteiger partial charge in [0.1, 0.15) is 11.5 Å². The van der Waals surface area contributed by atoms with Gasteiger partial charge in [-0.15, -0.1) is 5.11 Å². The van der Waals surface area contributed by atoms with Gasteiger partial charge >= 0.3 is 0 Å². The minimum atomic E-state index is -0.0769. The topological polar surface area (TPSA) is 126 Å². The fraction of sp³-hybridized carbons (Fsp3) is 0.273. The van der Waals surface area contributed by atoms with Gasteiger partial charge in [0.05, 0.1) is 29.9 Å². The minimum Gasteiger partial charge on any atom is -0.394 e. The van der Waals surface area contributed by atoms with Crippen molar-refractivity contribution >= 4 is 29.1 Å². The number of rotatable bonds is 8. The van der Waals surface area contributed by atoms with E-state index < -0.39 is 0 Å². The van der Waals surface area contributed by atoms with Crippen molar-refractivity contribution in [2.24, 2.45) is 10.3 Å². The normalized spacial score (nSPS) is 12.3. The third-order valence-electron chi connectivity index (χ3n) is 4.92. The molecule has 3 rings (SSSR count). The third kappa shape index (κ3) is 5.28. The molecular weight excluding hydrogens is 414 g/mol. The molecular formula is C22H26ClN7O. The monoisotopic (exact) mass is 439 g/mol. The number of aliphatic hydroxyl groups is 1. The summed E-state index contributed by atoms with van der Waals surface area (Å²) in [6.45, 7) is 4.25. The zero-order chi connectivity index (χ0) is 22.4. The summed E-state index contributed by atoms with van der Waals surface area (Å²) in [5.41, 5.74) is 15.6. The summed E-state index contributed by atoms with van der Waals surface area (Å²) in [5, 5.41) is 20.4. The second-order valence-electron chi connectivity index (χ2n) is 6.97. The molecule has 8 nitrogen and oxygen atoms in total. The van der Waals surface area contributed by atoms with Gasteiger partial charge in [0, 0.05) is 5.56 Å². The van der Waals surface area contributed by atoms with Crippen molar-refractivity contribution in [2.75, 3.05) is 24.6 Å². The van der Waals surface area contributed by atoms with E-state index >= 15 is 0 Å². The number of aliphatic hydroxyl groups excluding tert-OH is 1. The lowest BCUT2D eigenvalue weighted by Crippen LogP contribution is -2.24. The first-order valence-corrected chi connectivity index (χ1v) is 10.4. The zero-order valence-electron chi connectivity index (χ0n) is 17.5. The van der Waals surface area contributed by atoms with Crippen LogP contribution >= 0.6 is 11.6 Å². The van der Waals surface area contributed by atoms with E-state index in [1.165, 1.54) is 0 Å². The molecule has 0 aliphatic carbocycles. The van der Waals surface area contributed by atoms with Crippen LogP contribution in [-0.4, -0.2) is 33.2 Å². The highest BCUT2D eigenvalue weighted by Gasteiger charge is 2.16. The Morgan fingerprint density at radius 1 is 1.13 bits per heavy atom. The lowest BCUT2D eigenvalue weighted by molar-refractivity contribution is 0.154. The first-order chi connectivity index (χ1) is 14.9. The van der Waals surface area contributed by atoms with Gasteiger partial charge in [-0.2, -0.15) is 4.98 Å². The fourth-order valence-corrected chi connectivity index (χ4v) is 3.44. The molecule has 31 heavy (non-hydrogen) atoms. The molecule has 1 atom stereocenters. The van der Waals surface area contributed by atoms with Crippen LogP contribution in [0.5, 0.6) is 0 Å². The van der Waals surface area contributed by atoms with E-state index in [2.05, 4.69) is 20.3 Å². The fourth-order valence-electron chi connectivity index (χ4n) is 3.29. The number of nitrogens with two attached hydrogens (primary N) is 2. The van der Waals surface area contributed by atoms with Crippen LogP contribution in [0, 0.1) is 0 Å². The smallest absolute Gasteiger partial charge is 0.222 e. The van der Waals surface area contributed by atoms with Crippen molar-refractivity contribution < 1.29 is 5.11 Å². The van der Waals surface area contributed by atoms with Gasteiger partial charge in [0.25, 0.3) is 0 Å². The second kappa shape index (κ2) is 10.2. The summed E-state index contributed by atoms with van der Waals surface area (Å²) < 4.78 is 0. The number of halogens is 1. The quantitative estimate of drug-likeness (QED) is 0.348. The van der Waals surface area contributed by atoms with Gasteiger partial charge in [-0.05, 0) is 36.6 Å². The highest BCUT2D eigenvalue weighted by molar-refractivity contribution is 6.33. The first kappa shape index (κ1) is 22.5. The Kier molecular flexibility index (Phi) is 7.38. The van der Waals surface area contributed by atoms with Crippen molar-refractivity contribution in [1.29, 1.82) is 0 Å². The maximum atomic E-state index is 9.48. The molecule has 0 aliphatic rings. The number of hydrogen-bond donors (Lipinski definition) is 3. The number of anilines is 2. The van der Waals surface area contributed by atoms with Crippen molar-refractivity contribution in [1.82, 2.24) is 15.0 Å². The molecule has 0 saturated carbocycles. The van der Waals surface area contributed by atoms with E-state index in [-0.39, 0.29) is 18.6 Å². The molecule has 5 N–H and O–H groups in total. The number of hydrogen-bond acceptors (Lipinski definition) is 7. The number of aromatic nitrogens is 2. The van der Waals surface area contributed by atoms with E-state index in [9.17, 15) is 5.11 Å².